The Balaban J connectivity index is 2.21. The third-order valence-corrected chi connectivity index (χ3v) is 3.41. The third kappa shape index (κ3) is 2.22. The van der Waals surface area contributed by atoms with Crippen molar-refractivity contribution in [3.63, 3.8) is 0 Å². The van der Waals surface area contributed by atoms with Crippen molar-refractivity contribution in [2.75, 3.05) is 5.73 Å². The van der Waals surface area contributed by atoms with Gasteiger partial charge in [0, 0.05) is 5.39 Å². The van der Waals surface area contributed by atoms with Gasteiger partial charge in [0.25, 0.3) is 0 Å². The van der Waals surface area contributed by atoms with E-state index in [1.807, 2.05) is 47.0 Å². The number of nitrogens with zero attached hydrogens (tertiary/aromatic N) is 2. The van der Waals surface area contributed by atoms with Crippen LogP contribution >= 0.6 is 12.2 Å². The SMILES string of the molecule is Nc1nc(=S)n(Cc2ccccc2)c2ccccc12. The second-order valence-corrected chi connectivity index (χ2v) is 4.73. The van der Waals surface area contributed by atoms with E-state index in [9.17, 15) is 0 Å². The Labute approximate surface area is 116 Å². The van der Waals surface area contributed by atoms with E-state index in [2.05, 4.69) is 17.1 Å². The molecule has 0 amide bonds. The molecule has 0 saturated heterocycles. The maximum absolute atomic E-state index is 5.93. The van der Waals surface area contributed by atoms with Crippen LogP contribution in [0.15, 0.2) is 54.6 Å². The molecule has 3 nitrogen and oxygen atoms in total. The number of nitrogen functional groups attached to an aromatic ring is 1. The molecule has 94 valence electrons. The molecule has 1 heterocycles. The molecule has 19 heavy (non-hydrogen) atoms. The van der Waals surface area contributed by atoms with Crippen LogP contribution < -0.4 is 5.73 Å². The van der Waals surface area contributed by atoms with Gasteiger partial charge in [-0.1, -0.05) is 42.5 Å². The van der Waals surface area contributed by atoms with Gasteiger partial charge in [0.15, 0.2) is 0 Å². The maximum atomic E-state index is 5.93. The molecule has 0 spiro atoms. The van der Waals surface area contributed by atoms with E-state index >= 15 is 0 Å². The largest absolute Gasteiger partial charge is 0.383 e. The lowest BCUT2D eigenvalue weighted by molar-refractivity contribution is 0.789. The third-order valence-electron chi connectivity index (χ3n) is 3.10. The van der Waals surface area contributed by atoms with Crippen LogP contribution in [0.1, 0.15) is 5.56 Å². The van der Waals surface area contributed by atoms with Gasteiger partial charge in [-0.2, -0.15) is 0 Å². The molecule has 3 aromatic rings. The molecule has 0 radical (unpaired) electrons. The lowest BCUT2D eigenvalue weighted by Gasteiger charge is -2.12. The Morgan fingerprint density at radius 2 is 1.68 bits per heavy atom. The fraction of sp³-hybridized carbons (Fsp3) is 0.0667. The van der Waals surface area contributed by atoms with E-state index in [0.29, 0.717) is 17.1 Å². The molecule has 2 N–H and O–H groups in total. The first-order valence-electron chi connectivity index (χ1n) is 6.05. The molecule has 0 fully saturated rings. The normalized spacial score (nSPS) is 10.7. The standard InChI is InChI=1S/C15H13N3S/c16-14-12-8-4-5-9-13(12)18(15(19)17-14)10-11-6-2-1-3-7-11/h1-9H,10H2,(H2,16,17,19). The highest BCUT2D eigenvalue weighted by atomic mass is 32.1. The zero-order valence-electron chi connectivity index (χ0n) is 10.3. The average molecular weight is 267 g/mol. The topological polar surface area (TPSA) is 43.8 Å². The van der Waals surface area contributed by atoms with Gasteiger partial charge in [-0.3, -0.25) is 0 Å². The van der Waals surface area contributed by atoms with Crippen molar-refractivity contribution in [2.24, 2.45) is 0 Å². The highest BCUT2D eigenvalue weighted by Gasteiger charge is 2.06. The minimum atomic E-state index is 0.491. The summed E-state index contributed by atoms with van der Waals surface area (Å²) in [5.74, 6) is 0.491. The summed E-state index contributed by atoms with van der Waals surface area (Å²) in [5, 5.41) is 0.937. The zero-order chi connectivity index (χ0) is 13.2. The maximum Gasteiger partial charge on any atom is 0.202 e. The molecule has 0 aliphatic heterocycles. The second kappa shape index (κ2) is 4.82. The number of benzene rings is 2. The van der Waals surface area contributed by atoms with Crippen LogP contribution in [0.3, 0.4) is 0 Å². The van der Waals surface area contributed by atoms with E-state index in [4.69, 9.17) is 18.0 Å². The summed E-state index contributed by atoms with van der Waals surface area (Å²) in [6.07, 6.45) is 0. The molecule has 1 aromatic heterocycles. The molecule has 3 rings (SSSR count). The van der Waals surface area contributed by atoms with Crippen LogP contribution in [0.5, 0.6) is 0 Å². The first-order valence-corrected chi connectivity index (χ1v) is 6.45. The number of hydrogen-bond acceptors (Lipinski definition) is 3. The van der Waals surface area contributed by atoms with Crippen LogP contribution in [-0.2, 0) is 6.54 Å². The quantitative estimate of drug-likeness (QED) is 0.724. The van der Waals surface area contributed by atoms with E-state index in [1.165, 1.54) is 5.56 Å². The monoisotopic (exact) mass is 267 g/mol. The van der Waals surface area contributed by atoms with Crippen molar-refractivity contribution in [3.05, 3.63) is 64.9 Å². The number of rotatable bonds is 2. The summed E-state index contributed by atoms with van der Waals surface area (Å²) in [6, 6.07) is 18.1. The lowest BCUT2D eigenvalue weighted by Crippen LogP contribution is -2.07. The molecule has 0 aliphatic carbocycles. The predicted molar refractivity (Wildman–Crippen MR) is 80.5 cm³/mol. The molecule has 4 heteroatoms. The highest BCUT2D eigenvalue weighted by molar-refractivity contribution is 7.71. The molecule has 2 aromatic carbocycles. The predicted octanol–water partition coefficient (Wildman–Crippen LogP) is 3.40. The number of anilines is 1. The summed E-state index contributed by atoms with van der Waals surface area (Å²) in [7, 11) is 0. The van der Waals surface area contributed by atoms with Gasteiger partial charge in [0.05, 0.1) is 12.1 Å². The fourth-order valence-corrected chi connectivity index (χ4v) is 2.43. The van der Waals surface area contributed by atoms with Gasteiger partial charge in [-0.15, -0.1) is 0 Å². The average Bonchev–Trinajstić information content (AvgIpc) is 2.45. The number of para-hydroxylation sites is 1. The van der Waals surface area contributed by atoms with Crippen LogP contribution in [0.4, 0.5) is 5.82 Å². The van der Waals surface area contributed by atoms with E-state index in [1.54, 1.807) is 0 Å². The van der Waals surface area contributed by atoms with Crippen molar-refractivity contribution in [3.8, 4) is 0 Å². The van der Waals surface area contributed by atoms with Gasteiger partial charge < -0.3 is 10.3 Å². The van der Waals surface area contributed by atoms with Crippen molar-refractivity contribution in [2.45, 2.75) is 6.54 Å². The molecule has 0 bridgehead atoms. The van der Waals surface area contributed by atoms with Crippen LogP contribution in [-0.4, -0.2) is 9.55 Å². The lowest BCUT2D eigenvalue weighted by atomic mass is 10.2. The minimum absolute atomic E-state index is 0.491. The molecule has 0 atom stereocenters. The molecule has 0 saturated carbocycles. The van der Waals surface area contributed by atoms with E-state index in [-0.39, 0.29) is 0 Å². The van der Waals surface area contributed by atoms with Crippen molar-refractivity contribution >= 4 is 28.9 Å². The Hall–Kier alpha value is -2.20. The first kappa shape index (κ1) is 11.9. The van der Waals surface area contributed by atoms with E-state index in [0.717, 1.165) is 10.9 Å². The van der Waals surface area contributed by atoms with Gasteiger partial charge in [-0.25, -0.2) is 4.98 Å². The van der Waals surface area contributed by atoms with Gasteiger partial charge >= 0.3 is 0 Å². The minimum Gasteiger partial charge on any atom is -0.383 e. The molecule has 0 unspecified atom stereocenters. The van der Waals surface area contributed by atoms with Gasteiger partial charge in [0.2, 0.25) is 4.77 Å². The van der Waals surface area contributed by atoms with Crippen LogP contribution in [0.25, 0.3) is 10.9 Å². The Morgan fingerprint density at radius 3 is 2.47 bits per heavy atom. The summed E-state index contributed by atoms with van der Waals surface area (Å²) < 4.78 is 2.52. The zero-order valence-corrected chi connectivity index (χ0v) is 11.1. The van der Waals surface area contributed by atoms with Crippen LogP contribution in [0.2, 0.25) is 0 Å². The number of aromatic nitrogens is 2. The van der Waals surface area contributed by atoms with Crippen molar-refractivity contribution in [1.29, 1.82) is 0 Å². The summed E-state index contributed by atoms with van der Waals surface area (Å²) in [4.78, 5) is 4.25. The van der Waals surface area contributed by atoms with Crippen LogP contribution in [0, 0.1) is 4.77 Å². The van der Waals surface area contributed by atoms with Crippen molar-refractivity contribution < 1.29 is 0 Å². The summed E-state index contributed by atoms with van der Waals surface area (Å²) in [5.41, 5.74) is 8.14. The number of hydrogen-bond donors (Lipinski definition) is 1. The molecular formula is C15H13N3S. The summed E-state index contributed by atoms with van der Waals surface area (Å²) in [6.45, 7) is 0.702. The van der Waals surface area contributed by atoms with E-state index < -0.39 is 0 Å². The molecular weight excluding hydrogens is 254 g/mol. The first-order chi connectivity index (χ1) is 9.25. The fourth-order valence-electron chi connectivity index (χ4n) is 2.17. The smallest absolute Gasteiger partial charge is 0.202 e. The molecule has 0 aliphatic rings. The van der Waals surface area contributed by atoms with Gasteiger partial charge in [0.1, 0.15) is 5.82 Å². The second-order valence-electron chi connectivity index (χ2n) is 4.37. The Kier molecular flexibility index (Phi) is 3.01. The Bertz CT molecular complexity index is 778. The highest BCUT2D eigenvalue weighted by Crippen LogP contribution is 2.20. The van der Waals surface area contributed by atoms with Gasteiger partial charge in [-0.05, 0) is 29.9 Å². The summed E-state index contributed by atoms with van der Waals surface area (Å²) >= 11 is 5.34. The van der Waals surface area contributed by atoms with Crippen molar-refractivity contribution in [1.82, 2.24) is 9.55 Å². The number of nitrogens with two attached hydrogens (primary N) is 1. The Morgan fingerprint density at radius 1 is 1.00 bits per heavy atom. The number of fused-ring (bicyclic) bond motifs is 1.